The average Bonchev–Trinajstić information content (AvgIpc) is 2.31. The second-order valence-electron chi connectivity index (χ2n) is 4.85. The third-order valence-electron chi connectivity index (χ3n) is 3.77. The highest BCUT2D eigenvalue weighted by atomic mass is 16.5. The third kappa shape index (κ3) is 3.08. The molecule has 1 aliphatic carbocycles. The molecule has 0 amide bonds. The lowest BCUT2D eigenvalue weighted by Crippen LogP contribution is -2.50. The molecule has 0 spiro atoms. The summed E-state index contributed by atoms with van der Waals surface area (Å²) >= 11 is 0. The van der Waals surface area contributed by atoms with E-state index in [0.717, 1.165) is 13.0 Å². The molecular formula is C14H27NO. The molecule has 0 saturated carbocycles. The van der Waals surface area contributed by atoms with Gasteiger partial charge in [0.05, 0.1) is 11.6 Å². The number of allylic oxidation sites excluding steroid dienone is 1. The van der Waals surface area contributed by atoms with Crippen molar-refractivity contribution in [2.24, 2.45) is 0 Å². The molecule has 0 aromatic heterocycles. The van der Waals surface area contributed by atoms with Crippen LogP contribution in [0.25, 0.3) is 0 Å². The van der Waals surface area contributed by atoms with Gasteiger partial charge in [0.1, 0.15) is 0 Å². The quantitative estimate of drug-likeness (QED) is 0.700. The molecule has 94 valence electrons. The summed E-state index contributed by atoms with van der Waals surface area (Å²) in [6, 6.07) is 0.373. The fourth-order valence-corrected chi connectivity index (χ4v) is 2.73. The topological polar surface area (TPSA) is 21.3 Å². The SMILES string of the molecule is CCOC(C)(CC)C(NC)C1=CCCCC1. The van der Waals surface area contributed by atoms with Gasteiger partial charge in [0.15, 0.2) is 0 Å². The Hall–Kier alpha value is -0.340. The van der Waals surface area contributed by atoms with E-state index in [-0.39, 0.29) is 5.60 Å². The van der Waals surface area contributed by atoms with Gasteiger partial charge in [-0.25, -0.2) is 0 Å². The summed E-state index contributed by atoms with van der Waals surface area (Å²) < 4.78 is 5.98. The van der Waals surface area contributed by atoms with Crippen LogP contribution in [0.2, 0.25) is 0 Å². The molecule has 0 aliphatic heterocycles. The summed E-state index contributed by atoms with van der Waals surface area (Å²) in [5.41, 5.74) is 1.48. The Bertz CT molecular complexity index is 237. The summed E-state index contributed by atoms with van der Waals surface area (Å²) in [5, 5.41) is 3.45. The molecule has 1 aliphatic rings. The first-order valence-electron chi connectivity index (χ1n) is 6.68. The number of hydrogen-bond acceptors (Lipinski definition) is 2. The predicted octanol–water partition coefficient (Wildman–Crippen LogP) is 3.28. The first kappa shape index (κ1) is 13.7. The molecule has 0 heterocycles. The van der Waals surface area contributed by atoms with Crippen molar-refractivity contribution in [1.29, 1.82) is 0 Å². The second-order valence-corrected chi connectivity index (χ2v) is 4.85. The molecule has 0 aromatic carbocycles. The van der Waals surface area contributed by atoms with Crippen LogP contribution in [0, 0.1) is 0 Å². The minimum Gasteiger partial charge on any atom is -0.374 e. The minimum absolute atomic E-state index is 0.0628. The molecule has 0 aromatic rings. The Labute approximate surface area is 100 Å². The predicted molar refractivity (Wildman–Crippen MR) is 69.7 cm³/mol. The minimum atomic E-state index is -0.0628. The van der Waals surface area contributed by atoms with E-state index >= 15 is 0 Å². The van der Waals surface area contributed by atoms with E-state index in [1.165, 1.54) is 25.7 Å². The van der Waals surface area contributed by atoms with Gasteiger partial charge < -0.3 is 10.1 Å². The Balaban J connectivity index is 2.81. The molecule has 2 unspecified atom stereocenters. The Morgan fingerprint density at radius 2 is 2.19 bits per heavy atom. The summed E-state index contributed by atoms with van der Waals surface area (Å²) in [6.07, 6.45) is 8.60. The number of ether oxygens (including phenoxy) is 1. The van der Waals surface area contributed by atoms with E-state index in [9.17, 15) is 0 Å². The largest absolute Gasteiger partial charge is 0.374 e. The fourth-order valence-electron chi connectivity index (χ4n) is 2.73. The standard InChI is InChI=1S/C14H27NO/c1-5-14(3,16-6-2)13(15-4)12-10-8-7-9-11-12/h10,13,15H,5-9,11H2,1-4H3. The Morgan fingerprint density at radius 3 is 2.62 bits per heavy atom. The number of rotatable bonds is 6. The van der Waals surface area contributed by atoms with Crippen LogP contribution >= 0.6 is 0 Å². The summed E-state index contributed by atoms with van der Waals surface area (Å²) in [5.74, 6) is 0. The van der Waals surface area contributed by atoms with Gasteiger partial charge >= 0.3 is 0 Å². The average molecular weight is 225 g/mol. The van der Waals surface area contributed by atoms with Crippen LogP contribution in [0.15, 0.2) is 11.6 Å². The van der Waals surface area contributed by atoms with Gasteiger partial charge in [-0.05, 0) is 53.0 Å². The first-order chi connectivity index (χ1) is 7.68. The number of hydrogen-bond donors (Lipinski definition) is 1. The molecule has 2 heteroatoms. The Morgan fingerprint density at radius 1 is 1.44 bits per heavy atom. The van der Waals surface area contributed by atoms with E-state index in [2.05, 4.69) is 32.2 Å². The van der Waals surface area contributed by atoms with Gasteiger partial charge in [0.2, 0.25) is 0 Å². The van der Waals surface area contributed by atoms with Gasteiger partial charge in [0.25, 0.3) is 0 Å². The smallest absolute Gasteiger partial charge is 0.0842 e. The summed E-state index contributed by atoms with van der Waals surface area (Å²) in [6.45, 7) is 7.31. The monoisotopic (exact) mass is 225 g/mol. The summed E-state index contributed by atoms with van der Waals surface area (Å²) in [7, 11) is 2.05. The van der Waals surface area contributed by atoms with Crippen LogP contribution in [-0.4, -0.2) is 25.3 Å². The van der Waals surface area contributed by atoms with Gasteiger partial charge in [-0.3, -0.25) is 0 Å². The van der Waals surface area contributed by atoms with Crippen LogP contribution in [0.3, 0.4) is 0 Å². The molecule has 0 radical (unpaired) electrons. The molecule has 1 rings (SSSR count). The first-order valence-corrected chi connectivity index (χ1v) is 6.68. The molecule has 2 atom stereocenters. The zero-order chi connectivity index (χ0) is 12.0. The van der Waals surface area contributed by atoms with Gasteiger partial charge in [0, 0.05) is 6.61 Å². The van der Waals surface area contributed by atoms with Crippen molar-refractivity contribution in [3.8, 4) is 0 Å². The highest BCUT2D eigenvalue weighted by Gasteiger charge is 2.34. The molecule has 16 heavy (non-hydrogen) atoms. The van der Waals surface area contributed by atoms with Crippen molar-refractivity contribution in [2.45, 2.75) is 64.5 Å². The van der Waals surface area contributed by atoms with E-state index in [1.54, 1.807) is 5.57 Å². The van der Waals surface area contributed by atoms with E-state index in [0.29, 0.717) is 6.04 Å². The van der Waals surface area contributed by atoms with Gasteiger partial charge in [-0.2, -0.15) is 0 Å². The molecule has 2 nitrogen and oxygen atoms in total. The zero-order valence-electron chi connectivity index (χ0n) is 11.3. The van der Waals surface area contributed by atoms with Crippen molar-refractivity contribution in [1.82, 2.24) is 5.32 Å². The van der Waals surface area contributed by atoms with Crippen molar-refractivity contribution in [3.63, 3.8) is 0 Å². The van der Waals surface area contributed by atoms with Crippen LogP contribution in [0.4, 0.5) is 0 Å². The van der Waals surface area contributed by atoms with Crippen LogP contribution in [0.5, 0.6) is 0 Å². The molecule has 0 bridgehead atoms. The van der Waals surface area contributed by atoms with Crippen molar-refractivity contribution in [3.05, 3.63) is 11.6 Å². The van der Waals surface area contributed by atoms with E-state index in [4.69, 9.17) is 4.74 Å². The van der Waals surface area contributed by atoms with Crippen molar-refractivity contribution < 1.29 is 4.74 Å². The lowest BCUT2D eigenvalue weighted by Gasteiger charge is -2.39. The van der Waals surface area contributed by atoms with E-state index in [1.807, 2.05) is 7.05 Å². The normalized spacial score (nSPS) is 22.4. The molecule has 1 N–H and O–H groups in total. The summed E-state index contributed by atoms with van der Waals surface area (Å²) in [4.78, 5) is 0. The lowest BCUT2D eigenvalue weighted by atomic mass is 9.83. The van der Waals surface area contributed by atoms with Crippen molar-refractivity contribution >= 4 is 0 Å². The van der Waals surface area contributed by atoms with Crippen LogP contribution < -0.4 is 5.32 Å². The molecular weight excluding hydrogens is 198 g/mol. The highest BCUT2D eigenvalue weighted by molar-refractivity contribution is 5.18. The van der Waals surface area contributed by atoms with Crippen LogP contribution in [-0.2, 0) is 4.74 Å². The maximum Gasteiger partial charge on any atom is 0.0842 e. The van der Waals surface area contributed by atoms with Crippen molar-refractivity contribution in [2.75, 3.05) is 13.7 Å². The van der Waals surface area contributed by atoms with Crippen LogP contribution in [0.1, 0.15) is 52.9 Å². The fraction of sp³-hybridized carbons (Fsp3) is 0.857. The maximum atomic E-state index is 5.98. The second kappa shape index (κ2) is 6.41. The number of nitrogens with one attached hydrogen (secondary N) is 1. The molecule has 0 saturated heterocycles. The van der Waals surface area contributed by atoms with Gasteiger partial charge in [-0.1, -0.05) is 18.6 Å². The third-order valence-corrected chi connectivity index (χ3v) is 3.77. The van der Waals surface area contributed by atoms with E-state index < -0.39 is 0 Å². The lowest BCUT2D eigenvalue weighted by molar-refractivity contribution is -0.0459. The maximum absolute atomic E-state index is 5.98. The zero-order valence-corrected chi connectivity index (χ0v) is 11.3. The van der Waals surface area contributed by atoms with Gasteiger partial charge in [-0.15, -0.1) is 0 Å². The highest BCUT2D eigenvalue weighted by Crippen LogP contribution is 2.30. The number of likely N-dealkylation sites (N-methyl/N-ethyl adjacent to an activating group) is 1. The Kier molecular flexibility index (Phi) is 5.50. The molecule has 0 fully saturated rings.